The van der Waals surface area contributed by atoms with E-state index < -0.39 is 17.8 Å². The standard InChI is InChI=1S/C22H18N2O3S/c25-20(18-15-7-8-16(10-15)19(18)21(26)27)24-22-23-17(11-28-22)14-6-5-12-3-1-2-4-13(12)9-14/h1-9,11,15-16,18-19H,10H2,(H,26,27)(H,23,24,25)/t15-,16-,18+,19+/m0/s1. The number of aliphatic carboxylic acids is 1. The Bertz CT molecular complexity index is 1120. The van der Waals surface area contributed by atoms with Gasteiger partial charge in [0.15, 0.2) is 5.13 Å². The van der Waals surface area contributed by atoms with Gasteiger partial charge in [-0.15, -0.1) is 11.3 Å². The van der Waals surface area contributed by atoms with Crippen molar-refractivity contribution in [1.29, 1.82) is 0 Å². The second kappa shape index (κ2) is 6.56. The third kappa shape index (κ3) is 2.81. The van der Waals surface area contributed by atoms with Crippen molar-refractivity contribution in [3.63, 3.8) is 0 Å². The van der Waals surface area contributed by atoms with Gasteiger partial charge in [-0.05, 0) is 35.1 Å². The number of nitrogens with zero attached hydrogens (tertiary/aromatic N) is 1. The number of allylic oxidation sites excluding steroid dienone is 2. The van der Waals surface area contributed by atoms with Crippen molar-refractivity contribution in [1.82, 2.24) is 4.98 Å². The maximum atomic E-state index is 12.8. The summed E-state index contributed by atoms with van der Waals surface area (Å²) >= 11 is 1.36. The summed E-state index contributed by atoms with van der Waals surface area (Å²) in [5, 5.41) is 17.1. The predicted octanol–water partition coefficient (Wildman–Crippen LogP) is 4.42. The van der Waals surface area contributed by atoms with Gasteiger partial charge < -0.3 is 10.4 Å². The Labute approximate surface area is 165 Å². The second-order valence-corrected chi connectivity index (χ2v) is 8.29. The first-order valence-corrected chi connectivity index (χ1v) is 10.1. The first kappa shape index (κ1) is 17.1. The van der Waals surface area contributed by atoms with Crippen molar-refractivity contribution in [3.8, 4) is 11.3 Å². The Morgan fingerprint density at radius 3 is 2.57 bits per heavy atom. The summed E-state index contributed by atoms with van der Waals surface area (Å²) in [6.07, 6.45) is 4.67. The van der Waals surface area contributed by atoms with Crippen LogP contribution in [0.15, 0.2) is 60.0 Å². The fourth-order valence-electron chi connectivity index (χ4n) is 4.52. The number of thiazole rings is 1. The molecule has 1 aromatic heterocycles. The SMILES string of the molecule is O=C(O)[C@H]1[C@H](C(=O)Nc2nc(-c3ccc4ccccc4c3)cs2)[C@H]2C=C[C@H]1C2. The number of carboxylic acid groups (broad SMARTS) is 1. The Balaban J connectivity index is 1.37. The molecule has 0 aliphatic heterocycles. The minimum absolute atomic E-state index is 0.00557. The lowest BCUT2D eigenvalue weighted by Crippen LogP contribution is -2.36. The van der Waals surface area contributed by atoms with Crippen LogP contribution in [0, 0.1) is 23.7 Å². The van der Waals surface area contributed by atoms with Crippen LogP contribution in [0.5, 0.6) is 0 Å². The molecule has 0 spiro atoms. The van der Waals surface area contributed by atoms with E-state index in [0.717, 1.165) is 23.1 Å². The van der Waals surface area contributed by atoms with E-state index in [2.05, 4.69) is 34.6 Å². The maximum absolute atomic E-state index is 12.8. The van der Waals surface area contributed by atoms with Crippen molar-refractivity contribution in [2.24, 2.45) is 23.7 Å². The fraction of sp³-hybridized carbons (Fsp3) is 0.227. The monoisotopic (exact) mass is 390 g/mol. The molecule has 0 saturated heterocycles. The van der Waals surface area contributed by atoms with E-state index in [4.69, 9.17) is 0 Å². The molecule has 28 heavy (non-hydrogen) atoms. The molecule has 0 radical (unpaired) electrons. The number of carbonyl (C=O) groups excluding carboxylic acids is 1. The summed E-state index contributed by atoms with van der Waals surface area (Å²) < 4.78 is 0. The quantitative estimate of drug-likeness (QED) is 0.646. The maximum Gasteiger partial charge on any atom is 0.307 e. The van der Waals surface area contributed by atoms with Crippen LogP contribution in [0.3, 0.4) is 0 Å². The molecule has 2 N–H and O–H groups in total. The highest BCUT2D eigenvalue weighted by atomic mass is 32.1. The Kier molecular flexibility index (Phi) is 4.02. The number of nitrogens with one attached hydrogen (secondary N) is 1. The number of aromatic nitrogens is 1. The van der Waals surface area contributed by atoms with Gasteiger partial charge in [-0.2, -0.15) is 0 Å². The molecule has 1 saturated carbocycles. The number of carbonyl (C=O) groups is 2. The summed E-state index contributed by atoms with van der Waals surface area (Å²) in [7, 11) is 0. The van der Waals surface area contributed by atoms with Gasteiger partial charge >= 0.3 is 5.97 Å². The molecule has 3 aromatic rings. The van der Waals surface area contributed by atoms with Crippen molar-refractivity contribution in [2.75, 3.05) is 5.32 Å². The number of anilines is 1. The number of fused-ring (bicyclic) bond motifs is 3. The topological polar surface area (TPSA) is 79.3 Å². The van der Waals surface area contributed by atoms with Crippen LogP contribution in [0.25, 0.3) is 22.0 Å². The second-order valence-electron chi connectivity index (χ2n) is 7.43. The van der Waals surface area contributed by atoms with Gasteiger partial charge in [0.25, 0.3) is 0 Å². The number of carboxylic acids is 1. The van der Waals surface area contributed by atoms with E-state index in [0.29, 0.717) is 5.13 Å². The zero-order valence-corrected chi connectivity index (χ0v) is 15.7. The van der Waals surface area contributed by atoms with Crippen molar-refractivity contribution in [2.45, 2.75) is 6.42 Å². The predicted molar refractivity (Wildman–Crippen MR) is 109 cm³/mol. The summed E-state index contributed by atoms with van der Waals surface area (Å²) in [6.45, 7) is 0. The van der Waals surface area contributed by atoms with E-state index in [9.17, 15) is 14.7 Å². The zero-order chi connectivity index (χ0) is 19.3. The first-order valence-electron chi connectivity index (χ1n) is 9.27. The van der Waals surface area contributed by atoms with Gasteiger partial charge in [-0.3, -0.25) is 9.59 Å². The van der Waals surface area contributed by atoms with Gasteiger partial charge in [-0.25, -0.2) is 4.98 Å². The average molecular weight is 390 g/mol. The van der Waals surface area contributed by atoms with E-state index in [-0.39, 0.29) is 17.7 Å². The molecule has 140 valence electrons. The molecule has 1 fully saturated rings. The molecule has 5 rings (SSSR count). The largest absolute Gasteiger partial charge is 0.481 e. The summed E-state index contributed by atoms with van der Waals surface area (Å²) in [5.41, 5.74) is 1.79. The Morgan fingerprint density at radius 2 is 1.79 bits per heavy atom. The van der Waals surface area contributed by atoms with Crippen LogP contribution in [-0.4, -0.2) is 22.0 Å². The number of hydrogen-bond acceptors (Lipinski definition) is 4. The van der Waals surface area contributed by atoms with Crippen molar-refractivity contribution < 1.29 is 14.7 Å². The van der Waals surface area contributed by atoms with Crippen LogP contribution in [-0.2, 0) is 9.59 Å². The molecule has 0 unspecified atom stereocenters. The lowest BCUT2D eigenvalue weighted by atomic mass is 9.82. The van der Waals surface area contributed by atoms with Gasteiger partial charge in [-0.1, -0.05) is 48.6 Å². The van der Waals surface area contributed by atoms with Crippen LogP contribution < -0.4 is 5.32 Å². The first-order chi connectivity index (χ1) is 13.6. The molecule has 2 aromatic carbocycles. The smallest absolute Gasteiger partial charge is 0.307 e. The molecular weight excluding hydrogens is 372 g/mol. The highest BCUT2D eigenvalue weighted by molar-refractivity contribution is 7.14. The van der Waals surface area contributed by atoms with Crippen molar-refractivity contribution in [3.05, 3.63) is 60.0 Å². The third-order valence-corrected chi connectivity index (χ3v) is 6.58. The fourth-order valence-corrected chi connectivity index (χ4v) is 5.24. The lowest BCUT2D eigenvalue weighted by Gasteiger charge is -2.23. The number of benzene rings is 2. The minimum atomic E-state index is -0.895. The van der Waals surface area contributed by atoms with Gasteiger partial charge in [0.2, 0.25) is 5.91 Å². The van der Waals surface area contributed by atoms with Crippen LogP contribution in [0.4, 0.5) is 5.13 Å². The molecule has 5 nitrogen and oxygen atoms in total. The molecule has 2 aliphatic carbocycles. The van der Waals surface area contributed by atoms with Crippen LogP contribution >= 0.6 is 11.3 Å². The average Bonchev–Trinajstić information content (AvgIpc) is 3.43. The molecule has 2 bridgehead atoms. The molecule has 2 aliphatic rings. The van der Waals surface area contributed by atoms with Gasteiger partial charge in [0.1, 0.15) is 0 Å². The number of amides is 1. The van der Waals surface area contributed by atoms with E-state index >= 15 is 0 Å². The van der Waals surface area contributed by atoms with E-state index in [1.54, 1.807) is 0 Å². The number of rotatable bonds is 4. The molecule has 4 atom stereocenters. The Morgan fingerprint density at radius 1 is 1.04 bits per heavy atom. The normalized spacial score (nSPS) is 25.3. The van der Waals surface area contributed by atoms with Crippen molar-refractivity contribution >= 4 is 39.1 Å². The molecule has 1 amide bonds. The zero-order valence-electron chi connectivity index (χ0n) is 14.9. The highest BCUT2D eigenvalue weighted by Gasteiger charge is 2.51. The summed E-state index contributed by atoms with van der Waals surface area (Å²) in [4.78, 5) is 29.0. The molecule has 6 heteroatoms. The molecule has 1 heterocycles. The molecular formula is C22H18N2O3S. The lowest BCUT2D eigenvalue weighted by molar-refractivity contribution is -0.146. The van der Waals surface area contributed by atoms with Crippen LogP contribution in [0.2, 0.25) is 0 Å². The third-order valence-electron chi connectivity index (χ3n) is 5.83. The summed E-state index contributed by atoms with van der Waals surface area (Å²) in [6, 6.07) is 14.3. The number of hydrogen-bond donors (Lipinski definition) is 2. The Hall–Kier alpha value is -2.99. The minimum Gasteiger partial charge on any atom is -0.481 e. The van der Waals surface area contributed by atoms with E-state index in [1.165, 1.54) is 16.7 Å². The van der Waals surface area contributed by atoms with Crippen LogP contribution in [0.1, 0.15) is 6.42 Å². The van der Waals surface area contributed by atoms with Gasteiger partial charge in [0.05, 0.1) is 17.5 Å². The summed E-state index contributed by atoms with van der Waals surface area (Å²) in [5.74, 6) is -2.35. The van der Waals surface area contributed by atoms with Gasteiger partial charge in [0, 0.05) is 10.9 Å². The highest BCUT2D eigenvalue weighted by Crippen LogP contribution is 2.48. The van der Waals surface area contributed by atoms with E-state index in [1.807, 2.05) is 35.7 Å².